The van der Waals surface area contributed by atoms with Crippen molar-refractivity contribution in [1.82, 2.24) is 0 Å². The number of esters is 2. The SMILES string of the molecule is C#CCOc1cccc(/C=C/C(=O)OCCN(CCOC(=O)/C=C/c2cccc(OCC#C)c2)c2ccc(N=Nc3ccc([N+](=O)[O-])cc3)cc2)c1. The number of carbonyl (C=O) groups is 2. The Hall–Kier alpha value is -7.18. The number of hydrogen-bond donors (Lipinski definition) is 0. The van der Waals surface area contributed by atoms with Gasteiger partial charge in [0.05, 0.1) is 29.4 Å². The molecule has 0 bridgehead atoms. The molecule has 0 N–H and O–H groups in total. The first-order valence-electron chi connectivity index (χ1n) is 15.9. The van der Waals surface area contributed by atoms with Crippen LogP contribution in [0.15, 0.2) is 119 Å². The second kappa shape index (κ2) is 20.4. The standard InChI is InChI=1S/C40H34N4O8/c1-3-25-49-37-9-5-7-31(29-37)11-21-39(45)51-27-23-43(24-28-52-40(46)22-12-32-8-6-10-38(30-32)50-26-4-2)35-17-13-33(14-18-35)41-42-34-15-19-36(20-16-34)44(47)48/h1-2,5-22,29-30H,23-28H2/b21-11+,22-12+,42-41?. The lowest BCUT2D eigenvalue weighted by Gasteiger charge is -2.24. The molecule has 0 unspecified atom stereocenters. The molecule has 0 spiro atoms. The second-order valence-corrected chi connectivity index (χ2v) is 10.6. The topological polar surface area (TPSA) is 142 Å². The molecule has 0 amide bonds. The first-order valence-corrected chi connectivity index (χ1v) is 15.9. The van der Waals surface area contributed by atoms with E-state index in [0.29, 0.717) is 22.9 Å². The largest absolute Gasteiger partial charge is 0.481 e. The lowest BCUT2D eigenvalue weighted by molar-refractivity contribution is -0.384. The highest BCUT2D eigenvalue weighted by Gasteiger charge is 2.10. The summed E-state index contributed by atoms with van der Waals surface area (Å²) in [5.41, 5.74) is 3.18. The third-order valence-electron chi connectivity index (χ3n) is 6.95. The van der Waals surface area contributed by atoms with Crippen LogP contribution in [0.1, 0.15) is 11.1 Å². The minimum absolute atomic E-state index is 0.0411. The van der Waals surface area contributed by atoms with E-state index < -0.39 is 16.9 Å². The molecule has 0 fully saturated rings. The highest BCUT2D eigenvalue weighted by atomic mass is 16.6. The zero-order valence-electron chi connectivity index (χ0n) is 28.0. The predicted molar refractivity (Wildman–Crippen MR) is 197 cm³/mol. The molecule has 12 nitrogen and oxygen atoms in total. The molecule has 4 aromatic carbocycles. The van der Waals surface area contributed by atoms with Crippen molar-refractivity contribution in [2.45, 2.75) is 0 Å². The number of hydrogen-bond acceptors (Lipinski definition) is 11. The normalized spacial score (nSPS) is 10.8. The van der Waals surface area contributed by atoms with Crippen molar-refractivity contribution in [3.63, 3.8) is 0 Å². The maximum absolute atomic E-state index is 12.5. The van der Waals surface area contributed by atoms with Gasteiger partial charge in [-0.1, -0.05) is 36.1 Å². The van der Waals surface area contributed by atoms with Gasteiger partial charge in [0.2, 0.25) is 0 Å². The molecule has 0 atom stereocenters. The molecule has 4 rings (SSSR count). The average molecular weight is 699 g/mol. The summed E-state index contributed by atoms with van der Waals surface area (Å²) in [6.45, 7) is 0.932. The smallest absolute Gasteiger partial charge is 0.330 e. The van der Waals surface area contributed by atoms with Crippen molar-refractivity contribution >= 4 is 46.8 Å². The highest BCUT2D eigenvalue weighted by molar-refractivity contribution is 5.87. The number of benzene rings is 4. The lowest BCUT2D eigenvalue weighted by Crippen LogP contribution is -2.31. The third kappa shape index (κ3) is 13.0. The first-order chi connectivity index (χ1) is 25.3. The maximum Gasteiger partial charge on any atom is 0.330 e. The molecule has 0 aliphatic rings. The third-order valence-corrected chi connectivity index (χ3v) is 6.95. The van der Waals surface area contributed by atoms with Crippen molar-refractivity contribution in [2.75, 3.05) is 44.4 Å². The molecule has 0 aliphatic carbocycles. The van der Waals surface area contributed by atoms with Crippen LogP contribution in [-0.4, -0.2) is 56.4 Å². The molecule has 0 saturated heterocycles. The number of nitrogens with zero attached hydrogens (tertiary/aromatic N) is 4. The van der Waals surface area contributed by atoms with Gasteiger partial charge >= 0.3 is 11.9 Å². The molecule has 262 valence electrons. The Morgan fingerprint density at radius 2 is 1.17 bits per heavy atom. The van der Waals surface area contributed by atoms with Gasteiger partial charge in [-0.25, -0.2) is 9.59 Å². The number of anilines is 1. The van der Waals surface area contributed by atoms with Gasteiger partial charge in [0, 0.05) is 30.0 Å². The van der Waals surface area contributed by atoms with Crippen LogP contribution in [0.5, 0.6) is 11.5 Å². The lowest BCUT2D eigenvalue weighted by atomic mass is 10.2. The van der Waals surface area contributed by atoms with E-state index >= 15 is 0 Å². The van der Waals surface area contributed by atoms with E-state index in [1.165, 1.54) is 36.4 Å². The molecule has 52 heavy (non-hydrogen) atoms. The minimum Gasteiger partial charge on any atom is -0.481 e. The van der Waals surface area contributed by atoms with Crippen molar-refractivity contribution in [1.29, 1.82) is 0 Å². The molecule has 0 saturated carbocycles. The van der Waals surface area contributed by atoms with E-state index in [2.05, 4.69) is 22.1 Å². The molecule has 0 radical (unpaired) electrons. The van der Waals surface area contributed by atoms with E-state index in [9.17, 15) is 19.7 Å². The van der Waals surface area contributed by atoms with Crippen molar-refractivity contribution < 1.29 is 33.5 Å². The first kappa shape index (κ1) is 37.6. The minimum atomic E-state index is -0.540. The van der Waals surface area contributed by atoms with Gasteiger partial charge in [-0.3, -0.25) is 10.1 Å². The molecule has 12 heteroatoms. The van der Waals surface area contributed by atoms with Crippen molar-refractivity contribution in [2.24, 2.45) is 10.2 Å². The van der Waals surface area contributed by atoms with Gasteiger partial charge in [0.25, 0.3) is 5.69 Å². The fraction of sp³-hybridized carbons (Fsp3) is 0.150. The van der Waals surface area contributed by atoms with E-state index in [4.69, 9.17) is 31.8 Å². The highest BCUT2D eigenvalue weighted by Crippen LogP contribution is 2.24. The number of azo groups is 1. The Morgan fingerprint density at radius 1 is 0.712 bits per heavy atom. The van der Waals surface area contributed by atoms with Crippen LogP contribution < -0.4 is 14.4 Å². The number of ether oxygens (including phenoxy) is 4. The number of carbonyl (C=O) groups excluding carboxylic acids is 2. The van der Waals surface area contributed by atoms with Gasteiger partial charge in [0.15, 0.2) is 0 Å². The van der Waals surface area contributed by atoms with E-state index in [1.54, 1.807) is 72.8 Å². The Bertz CT molecular complexity index is 1900. The molecule has 0 aliphatic heterocycles. The molecule has 0 heterocycles. The molecule has 4 aromatic rings. The molecular formula is C40H34N4O8. The van der Waals surface area contributed by atoms with Crippen LogP contribution in [0, 0.1) is 34.8 Å². The summed E-state index contributed by atoms with van der Waals surface area (Å²) in [5.74, 6) is 4.90. The quantitative estimate of drug-likeness (QED) is 0.0260. The maximum atomic E-state index is 12.5. The average Bonchev–Trinajstić information content (AvgIpc) is 3.17. The zero-order chi connectivity index (χ0) is 37.0. The molecular weight excluding hydrogens is 664 g/mol. The van der Waals surface area contributed by atoms with Crippen LogP contribution in [0.3, 0.4) is 0 Å². The number of terminal acetylenes is 2. The van der Waals surface area contributed by atoms with Gasteiger partial charge in [-0.05, 0) is 83.9 Å². The van der Waals surface area contributed by atoms with Gasteiger partial charge < -0.3 is 23.8 Å². The second-order valence-electron chi connectivity index (χ2n) is 10.6. The summed E-state index contributed by atoms with van der Waals surface area (Å²) < 4.78 is 21.7. The Labute approximate surface area is 301 Å². The number of rotatable bonds is 18. The summed E-state index contributed by atoms with van der Waals surface area (Å²) in [4.78, 5) is 37.3. The molecule has 0 aromatic heterocycles. The Morgan fingerprint density at radius 3 is 1.62 bits per heavy atom. The van der Waals surface area contributed by atoms with Crippen molar-refractivity contribution in [3.8, 4) is 36.2 Å². The van der Waals surface area contributed by atoms with Crippen LogP contribution in [0.4, 0.5) is 22.7 Å². The number of non-ortho nitro benzene ring substituents is 1. The Balaban J connectivity index is 1.37. The summed E-state index contributed by atoms with van der Waals surface area (Å²) in [6, 6.07) is 27.0. The summed E-state index contributed by atoms with van der Waals surface area (Å²) >= 11 is 0. The fourth-order valence-corrected chi connectivity index (χ4v) is 4.46. The Kier molecular flexibility index (Phi) is 14.7. The van der Waals surface area contributed by atoms with Crippen molar-refractivity contribution in [3.05, 3.63) is 130 Å². The summed E-state index contributed by atoms with van der Waals surface area (Å²) in [5, 5.41) is 19.2. The van der Waals surface area contributed by atoms with E-state index in [-0.39, 0.29) is 45.2 Å². The number of nitro groups is 1. The van der Waals surface area contributed by atoms with E-state index in [0.717, 1.165) is 16.8 Å². The van der Waals surface area contributed by atoms with Gasteiger partial charge in [-0.15, -0.1) is 12.8 Å². The van der Waals surface area contributed by atoms with Crippen LogP contribution >= 0.6 is 0 Å². The summed E-state index contributed by atoms with van der Waals surface area (Å²) in [6.07, 6.45) is 16.4. The van der Waals surface area contributed by atoms with Gasteiger partial charge in [-0.2, -0.15) is 10.2 Å². The summed E-state index contributed by atoms with van der Waals surface area (Å²) in [7, 11) is 0. The monoisotopic (exact) mass is 698 g/mol. The van der Waals surface area contributed by atoms with Crippen LogP contribution in [0.25, 0.3) is 12.2 Å². The fourth-order valence-electron chi connectivity index (χ4n) is 4.46. The zero-order valence-corrected chi connectivity index (χ0v) is 28.0. The van der Waals surface area contributed by atoms with Crippen LogP contribution in [-0.2, 0) is 19.1 Å². The predicted octanol–water partition coefficient (Wildman–Crippen LogP) is 7.35. The number of nitro benzene ring substituents is 1. The van der Waals surface area contributed by atoms with Gasteiger partial charge in [0.1, 0.15) is 37.9 Å². The van der Waals surface area contributed by atoms with Crippen LogP contribution in [0.2, 0.25) is 0 Å². The van der Waals surface area contributed by atoms with E-state index in [1.807, 2.05) is 17.0 Å².